The Morgan fingerprint density at radius 1 is 1.29 bits per heavy atom. The standard InChI is InChI=1S/C13H19NO3/c1-15-11(3-2-6-14)10-4-5-12-13(9-10)17-8-7-16-12/h4-5,9,11H,2-3,6-8,14H2,1H3. The van der Waals surface area contributed by atoms with E-state index in [4.69, 9.17) is 19.9 Å². The summed E-state index contributed by atoms with van der Waals surface area (Å²) in [7, 11) is 1.72. The summed E-state index contributed by atoms with van der Waals surface area (Å²) in [5.74, 6) is 1.62. The van der Waals surface area contributed by atoms with Crippen LogP contribution in [0, 0.1) is 0 Å². The van der Waals surface area contributed by atoms with E-state index < -0.39 is 0 Å². The minimum Gasteiger partial charge on any atom is -0.486 e. The van der Waals surface area contributed by atoms with Crippen LogP contribution in [0.4, 0.5) is 0 Å². The van der Waals surface area contributed by atoms with E-state index in [1.807, 2.05) is 18.2 Å². The quantitative estimate of drug-likeness (QED) is 0.849. The van der Waals surface area contributed by atoms with Crippen molar-refractivity contribution in [1.29, 1.82) is 0 Å². The smallest absolute Gasteiger partial charge is 0.161 e. The molecule has 2 rings (SSSR count). The van der Waals surface area contributed by atoms with Crippen molar-refractivity contribution in [2.75, 3.05) is 26.9 Å². The molecule has 0 bridgehead atoms. The maximum atomic E-state index is 5.56. The van der Waals surface area contributed by atoms with Gasteiger partial charge in [0.25, 0.3) is 0 Å². The van der Waals surface area contributed by atoms with Crippen LogP contribution in [0.3, 0.4) is 0 Å². The van der Waals surface area contributed by atoms with Gasteiger partial charge in [-0.2, -0.15) is 0 Å². The molecule has 1 aliphatic rings. The minimum atomic E-state index is 0.0781. The molecule has 2 N–H and O–H groups in total. The van der Waals surface area contributed by atoms with E-state index in [0.29, 0.717) is 19.8 Å². The van der Waals surface area contributed by atoms with Crippen molar-refractivity contribution >= 4 is 0 Å². The van der Waals surface area contributed by atoms with Gasteiger partial charge in [-0.15, -0.1) is 0 Å². The van der Waals surface area contributed by atoms with E-state index in [1.165, 1.54) is 0 Å². The molecule has 1 aliphatic heterocycles. The van der Waals surface area contributed by atoms with Gasteiger partial charge in [-0.3, -0.25) is 0 Å². The van der Waals surface area contributed by atoms with Crippen molar-refractivity contribution < 1.29 is 14.2 Å². The first-order chi connectivity index (χ1) is 8.35. The average Bonchev–Trinajstić information content (AvgIpc) is 2.39. The molecule has 0 radical (unpaired) electrons. The van der Waals surface area contributed by atoms with Gasteiger partial charge >= 0.3 is 0 Å². The van der Waals surface area contributed by atoms with Gasteiger partial charge in [0.1, 0.15) is 13.2 Å². The summed E-state index contributed by atoms with van der Waals surface area (Å²) in [4.78, 5) is 0. The summed E-state index contributed by atoms with van der Waals surface area (Å²) < 4.78 is 16.5. The molecule has 4 heteroatoms. The fourth-order valence-electron chi connectivity index (χ4n) is 1.98. The van der Waals surface area contributed by atoms with E-state index in [-0.39, 0.29) is 6.10 Å². The van der Waals surface area contributed by atoms with E-state index >= 15 is 0 Å². The zero-order valence-corrected chi connectivity index (χ0v) is 10.1. The molecule has 17 heavy (non-hydrogen) atoms. The molecule has 0 aromatic heterocycles. The number of hydrogen-bond acceptors (Lipinski definition) is 4. The number of ether oxygens (including phenoxy) is 3. The zero-order valence-electron chi connectivity index (χ0n) is 10.1. The van der Waals surface area contributed by atoms with Crippen LogP contribution >= 0.6 is 0 Å². The molecule has 0 spiro atoms. The van der Waals surface area contributed by atoms with Gasteiger partial charge in [0.05, 0.1) is 6.10 Å². The number of rotatable bonds is 5. The summed E-state index contributed by atoms with van der Waals surface area (Å²) in [6.07, 6.45) is 1.95. The number of benzene rings is 1. The Morgan fingerprint density at radius 2 is 2.06 bits per heavy atom. The van der Waals surface area contributed by atoms with Gasteiger partial charge in [0.2, 0.25) is 0 Å². The number of hydrogen-bond donors (Lipinski definition) is 1. The molecule has 1 aromatic carbocycles. The second-order valence-electron chi connectivity index (χ2n) is 4.06. The third-order valence-corrected chi connectivity index (χ3v) is 2.89. The molecule has 1 atom stereocenters. The Labute approximate surface area is 102 Å². The molecular weight excluding hydrogens is 218 g/mol. The highest BCUT2D eigenvalue weighted by Gasteiger charge is 2.16. The van der Waals surface area contributed by atoms with Crippen LogP contribution in [-0.4, -0.2) is 26.9 Å². The van der Waals surface area contributed by atoms with Crippen molar-refractivity contribution in [2.24, 2.45) is 5.73 Å². The Morgan fingerprint density at radius 3 is 2.76 bits per heavy atom. The topological polar surface area (TPSA) is 53.7 Å². The van der Waals surface area contributed by atoms with E-state index in [2.05, 4.69) is 0 Å². The van der Waals surface area contributed by atoms with Gasteiger partial charge in [-0.25, -0.2) is 0 Å². The van der Waals surface area contributed by atoms with Gasteiger partial charge in [0, 0.05) is 7.11 Å². The lowest BCUT2D eigenvalue weighted by Gasteiger charge is -2.21. The van der Waals surface area contributed by atoms with Crippen LogP contribution < -0.4 is 15.2 Å². The average molecular weight is 237 g/mol. The Balaban J connectivity index is 2.13. The molecule has 0 saturated carbocycles. The fraction of sp³-hybridized carbons (Fsp3) is 0.538. The Hall–Kier alpha value is -1.26. The molecule has 0 fully saturated rings. The van der Waals surface area contributed by atoms with Crippen LogP contribution in [0.5, 0.6) is 11.5 Å². The van der Waals surface area contributed by atoms with Crippen LogP contribution in [0.1, 0.15) is 24.5 Å². The molecule has 1 heterocycles. The largest absolute Gasteiger partial charge is 0.486 e. The first-order valence-electron chi connectivity index (χ1n) is 5.97. The molecular formula is C13H19NO3. The Kier molecular flexibility index (Phi) is 4.23. The van der Waals surface area contributed by atoms with Crippen molar-refractivity contribution in [3.05, 3.63) is 23.8 Å². The normalized spacial score (nSPS) is 15.6. The highest BCUT2D eigenvalue weighted by molar-refractivity contribution is 5.44. The zero-order chi connectivity index (χ0) is 12.1. The molecule has 0 saturated heterocycles. The van der Waals surface area contributed by atoms with Crippen molar-refractivity contribution in [3.63, 3.8) is 0 Å². The molecule has 0 aliphatic carbocycles. The second kappa shape index (κ2) is 5.89. The van der Waals surface area contributed by atoms with Crippen LogP contribution in [0.25, 0.3) is 0 Å². The monoisotopic (exact) mass is 237 g/mol. The van der Waals surface area contributed by atoms with Gasteiger partial charge in [-0.1, -0.05) is 6.07 Å². The predicted octanol–water partition coefficient (Wildman–Crippen LogP) is 1.88. The number of nitrogens with two attached hydrogens (primary N) is 1. The summed E-state index contributed by atoms with van der Waals surface area (Å²) in [5, 5.41) is 0. The summed E-state index contributed by atoms with van der Waals surface area (Å²) in [6, 6.07) is 5.97. The van der Waals surface area contributed by atoms with Gasteiger partial charge < -0.3 is 19.9 Å². The maximum Gasteiger partial charge on any atom is 0.161 e. The second-order valence-corrected chi connectivity index (χ2v) is 4.06. The van der Waals surface area contributed by atoms with E-state index in [1.54, 1.807) is 7.11 Å². The highest BCUT2D eigenvalue weighted by Crippen LogP contribution is 2.34. The summed E-state index contributed by atoms with van der Waals surface area (Å²) in [5.41, 5.74) is 6.64. The number of fused-ring (bicyclic) bond motifs is 1. The van der Waals surface area contributed by atoms with Crippen LogP contribution in [0.15, 0.2) is 18.2 Å². The van der Waals surface area contributed by atoms with Crippen molar-refractivity contribution in [3.8, 4) is 11.5 Å². The maximum absolute atomic E-state index is 5.56. The van der Waals surface area contributed by atoms with Gasteiger partial charge in [-0.05, 0) is 37.1 Å². The lowest BCUT2D eigenvalue weighted by Crippen LogP contribution is -2.16. The van der Waals surface area contributed by atoms with Crippen LogP contribution in [-0.2, 0) is 4.74 Å². The summed E-state index contributed by atoms with van der Waals surface area (Å²) >= 11 is 0. The number of methoxy groups -OCH3 is 1. The fourth-order valence-corrected chi connectivity index (χ4v) is 1.98. The van der Waals surface area contributed by atoms with E-state index in [9.17, 15) is 0 Å². The van der Waals surface area contributed by atoms with Gasteiger partial charge in [0.15, 0.2) is 11.5 Å². The molecule has 1 unspecified atom stereocenters. The third-order valence-electron chi connectivity index (χ3n) is 2.89. The van der Waals surface area contributed by atoms with E-state index in [0.717, 1.165) is 29.9 Å². The SMILES string of the molecule is COC(CCCN)c1ccc2c(c1)OCCO2. The summed E-state index contributed by atoms with van der Waals surface area (Å²) in [6.45, 7) is 1.91. The first-order valence-corrected chi connectivity index (χ1v) is 5.97. The molecule has 0 amide bonds. The molecule has 94 valence electrons. The highest BCUT2D eigenvalue weighted by atomic mass is 16.6. The first kappa shape index (κ1) is 12.2. The Bertz CT molecular complexity index is 368. The predicted molar refractivity (Wildman–Crippen MR) is 65.5 cm³/mol. The molecule has 1 aromatic rings. The minimum absolute atomic E-state index is 0.0781. The van der Waals surface area contributed by atoms with Crippen molar-refractivity contribution in [2.45, 2.75) is 18.9 Å². The lowest BCUT2D eigenvalue weighted by molar-refractivity contribution is 0.0935. The third kappa shape index (κ3) is 2.90. The van der Waals surface area contributed by atoms with Crippen LogP contribution in [0.2, 0.25) is 0 Å². The lowest BCUT2D eigenvalue weighted by atomic mass is 10.0. The molecule has 4 nitrogen and oxygen atoms in total. The van der Waals surface area contributed by atoms with Crippen molar-refractivity contribution in [1.82, 2.24) is 0 Å².